The third kappa shape index (κ3) is 4.40. The highest BCUT2D eigenvalue weighted by atomic mass is 16.3. The van der Waals surface area contributed by atoms with E-state index in [4.69, 9.17) is 10.2 Å². The molecule has 104 valence electrons. The van der Waals surface area contributed by atoms with Crippen molar-refractivity contribution >= 4 is 0 Å². The van der Waals surface area contributed by atoms with Gasteiger partial charge < -0.3 is 15.5 Å². The molecule has 0 saturated carbocycles. The van der Waals surface area contributed by atoms with Crippen LogP contribution < -0.4 is 5.32 Å². The molecule has 1 aromatic heterocycles. The van der Waals surface area contributed by atoms with E-state index in [1.54, 1.807) is 0 Å². The molecular formula is C13H25N3O2. The number of nitrogens with one attached hydrogen (secondary N) is 1. The molecule has 0 aliphatic rings. The summed E-state index contributed by atoms with van der Waals surface area (Å²) in [6.07, 6.45) is 0.981. The van der Waals surface area contributed by atoms with Crippen molar-refractivity contribution in [3.8, 4) is 0 Å². The average Bonchev–Trinajstić information content (AvgIpc) is 2.67. The van der Waals surface area contributed by atoms with Crippen LogP contribution in [0, 0.1) is 19.3 Å². The lowest BCUT2D eigenvalue weighted by atomic mass is 9.93. The van der Waals surface area contributed by atoms with E-state index >= 15 is 0 Å². The lowest BCUT2D eigenvalue weighted by Gasteiger charge is -2.24. The fourth-order valence-electron chi connectivity index (χ4n) is 1.81. The maximum Gasteiger partial charge on any atom is 0.0596 e. The van der Waals surface area contributed by atoms with Gasteiger partial charge in [0.25, 0.3) is 0 Å². The monoisotopic (exact) mass is 255 g/mol. The summed E-state index contributed by atoms with van der Waals surface area (Å²) < 4.78 is 2.01. The second-order valence-electron chi connectivity index (χ2n) is 5.31. The molecule has 0 saturated heterocycles. The second kappa shape index (κ2) is 6.87. The number of aliphatic hydroxyl groups excluding tert-OH is 2. The number of aromatic nitrogens is 2. The van der Waals surface area contributed by atoms with Crippen LogP contribution in [0.5, 0.6) is 0 Å². The first-order valence-corrected chi connectivity index (χ1v) is 6.44. The minimum Gasteiger partial charge on any atom is -0.396 e. The van der Waals surface area contributed by atoms with Gasteiger partial charge in [-0.2, -0.15) is 5.10 Å². The Bertz CT molecular complexity index is 359. The Balaban J connectivity index is 2.21. The fourth-order valence-corrected chi connectivity index (χ4v) is 1.81. The van der Waals surface area contributed by atoms with Crippen LogP contribution in [0.15, 0.2) is 6.07 Å². The van der Waals surface area contributed by atoms with Crippen molar-refractivity contribution in [2.75, 3.05) is 26.3 Å². The van der Waals surface area contributed by atoms with Gasteiger partial charge in [-0.25, -0.2) is 0 Å². The fraction of sp³-hybridized carbons (Fsp3) is 0.769. The van der Waals surface area contributed by atoms with Crippen LogP contribution in [0.4, 0.5) is 0 Å². The summed E-state index contributed by atoms with van der Waals surface area (Å²) in [7, 11) is 0. The van der Waals surface area contributed by atoms with E-state index in [1.165, 1.54) is 5.69 Å². The summed E-state index contributed by atoms with van der Waals surface area (Å²) in [5.41, 5.74) is 1.80. The summed E-state index contributed by atoms with van der Waals surface area (Å²) >= 11 is 0. The molecule has 0 unspecified atom stereocenters. The zero-order valence-corrected chi connectivity index (χ0v) is 11.6. The molecule has 0 aliphatic heterocycles. The molecule has 5 heteroatoms. The number of nitrogens with zero attached hydrogens (tertiary/aromatic N) is 2. The molecule has 0 fully saturated rings. The van der Waals surface area contributed by atoms with Crippen molar-refractivity contribution < 1.29 is 10.2 Å². The minimum atomic E-state index is -0.432. The van der Waals surface area contributed by atoms with E-state index in [0.29, 0.717) is 6.54 Å². The number of hydrogen-bond acceptors (Lipinski definition) is 4. The van der Waals surface area contributed by atoms with Gasteiger partial charge in [-0.15, -0.1) is 0 Å². The number of hydrogen-bond donors (Lipinski definition) is 3. The molecule has 1 heterocycles. The first-order valence-electron chi connectivity index (χ1n) is 6.44. The van der Waals surface area contributed by atoms with Crippen LogP contribution in [-0.4, -0.2) is 46.3 Å². The van der Waals surface area contributed by atoms with E-state index in [9.17, 15) is 0 Å². The first kappa shape index (κ1) is 15.1. The van der Waals surface area contributed by atoms with Gasteiger partial charge in [-0.1, -0.05) is 6.92 Å². The summed E-state index contributed by atoms with van der Waals surface area (Å²) in [5, 5.41) is 26.0. The first-order chi connectivity index (χ1) is 8.50. The maximum atomic E-state index is 9.14. The van der Waals surface area contributed by atoms with E-state index in [2.05, 4.69) is 23.4 Å². The lowest BCUT2D eigenvalue weighted by Crippen LogP contribution is -2.38. The SMILES string of the molecule is Cc1cc(C)n(CCCNCC(C)(CO)CO)n1. The van der Waals surface area contributed by atoms with Gasteiger partial charge in [0.1, 0.15) is 0 Å². The molecule has 5 nitrogen and oxygen atoms in total. The van der Waals surface area contributed by atoms with Crippen molar-refractivity contribution in [1.29, 1.82) is 0 Å². The van der Waals surface area contributed by atoms with Gasteiger partial charge in [-0.3, -0.25) is 4.68 Å². The molecule has 18 heavy (non-hydrogen) atoms. The maximum absolute atomic E-state index is 9.14. The third-order valence-electron chi connectivity index (χ3n) is 3.14. The summed E-state index contributed by atoms with van der Waals surface area (Å²) in [6, 6.07) is 2.07. The second-order valence-corrected chi connectivity index (χ2v) is 5.31. The van der Waals surface area contributed by atoms with Crippen molar-refractivity contribution in [3.63, 3.8) is 0 Å². The van der Waals surface area contributed by atoms with Crippen LogP contribution >= 0.6 is 0 Å². The molecule has 0 amide bonds. The van der Waals surface area contributed by atoms with E-state index in [-0.39, 0.29) is 13.2 Å². The van der Waals surface area contributed by atoms with E-state index in [0.717, 1.165) is 25.2 Å². The molecule has 0 aliphatic carbocycles. The van der Waals surface area contributed by atoms with Gasteiger partial charge in [0.2, 0.25) is 0 Å². The Morgan fingerprint density at radius 1 is 1.33 bits per heavy atom. The Kier molecular flexibility index (Phi) is 5.78. The number of aryl methyl sites for hydroxylation is 3. The van der Waals surface area contributed by atoms with Crippen molar-refractivity contribution in [2.45, 2.75) is 33.7 Å². The molecule has 1 rings (SSSR count). The minimum absolute atomic E-state index is 0.00599. The molecule has 3 N–H and O–H groups in total. The Morgan fingerprint density at radius 2 is 2.00 bits per heavy atom. The largest absolute Gasteiger partial charge is 0.396 e. The van der Waals surface area contributed by atoms with E-state index in [1.807, 2.05) is 18.5 Å². The van der Waals surface area contributed by atoms with Crippen LogP contribution in [-0.2, 0) is 6.54 Å². The molecule has 0 radical (unpaired) electrons. The quantitative estimate of drug-likeness (QED) is 0.591. The zero-order chi connectivity index (χ0) is 13.6. The molecular weight excluding hydrogens is 230 g/mol. The molecule has 0 bridgehead atoms. The van der Waals surface area contributed by atoms with Crippen molar-refractivity contribution in [3.05, 3.63) is 17.5 Å². The van der Waals surface area contributed by atoms with Crippen LogP contribution in [0.3, 0.4) is 0 Å². The highest BCUT2D eigenvalue weighted by Crippen LogP contribution is 2.11. The average molecular weight is 255 g/mol. The summed E-state index contributed by atoms with van der Waals surface area (Å²) in [5.74, 6) is 0. The van der Waals surface area contributed by atoms with Crippen molar-refractivity contribution in [2.24, 2.45) is 5.41 Å². The Labute approximate surface area is 109 Å². The van der Waals surface area contributed by atoms with Crippen LogP contribution in [0.2, 0.25) is 0 Å². The molecule has 0 aromatic carbocycles. The highest BCUT2D eigenvalue weighted by Gasteiger charge is 2.21. The predicted molar refractivity (Wildman–Crippen MR) is 71.5 cm³/mol. The van der Waals surface area contributed by atoms with Gasteiger partial charge in [0.05, 0.1) is 18.9 Å². The van der Waals surface area contributed by atoms with Crippen LogP contribution in [0.1, 0.15) is 24.7 Å². The highest BCUT2D eigenvalue weighted by molar-refractivity contribution is 5.06. The van der Waals surface area contributed by atoms with Gasteiger partial charge in [0, 0.05) is 24.2 Å². The third-order valence-corrected chi connectivity index (χ3v) is 3.14. The van der Waals surface area contributed by atoms with Crippen LogP contribution in [0.25, 0.3) is 0 Å². The summed E-state index contributed by atoms with van der Waals surface area (Å²) in [4.78, 5) is 0. The molecule has 1 aromatic rings. The van der Waals surface area contributed by atoms with Gasteiger partial charge in [0.15, 0.2) is 0 Å². The van der Waals surface area contributed by atoms with Gasteiger partial charge in [-0.05, 0) is 32.9 Å². The zero-order valence-electron chi connectivity index (χ0n) is 11.6. The molecule has 0 atom stereocenters. The summed E-state index contributed by atoms with van der Waals surface area (Å²) in [6.45, 7) is 8.27. The van der Waals surface area contributed by atoms with Gasteiger partial charge >= 0.3 is 0 Å². The lowest BCUT2D eigenvalue weighted by molar-refractivity contribution is 0.0698. The number of rotatable bonds is 8. The topological polar surface area (TPSA) is 70.3 Å². The Morgan fingerprint density at radius 3 is 2.50 bits per heavy atom. The Hall–Kier alpha value is -0.910. The molecule has 0 spiro atoms. The smallest absolute Gasteiger partial charge is 0.0596 e. The van der Waals surface area contributed by atoms with Crippen molar-refractivity contribution in [1.82, 2.24) is 15.1 Å². The number of aliphatic hydroxyl groups is 2. The normalized spacial score (nSPS) is 12.1. The van der Waals surface area contributed by atoms with E-state index < -0.39 is 5.41 Å². The standard InChI is InChI=1S/C13H25N3O2/c1-11-7-12(2)16(15-11)6-4-5-14-8-13(3,9-17)10-18/h7,14,17-18H,4-6,8-10H2,1-3H3. The predicted octanol–water partition coefficient (Wildman–Crippen LogP) is 0.471.